The van der Waals surface area contributed by atoms with Crippen molar-refractivity contribution in [3.8, 4) is 0 Å². The zero-order chi connectivity index (χ0) is 28.9. The Kier molecular flexibility index (Phi) is 9.49. The molecule has 10 nitrogen and oxygen atoms in total. The Hall–Kier alpha value is -3.41. The van der Waals surface area contributed by atoms with Crippen LogP contribution in [-0.2, 0) is 34.2 Å². The molecule has 1 saturated carbocycles. The number of aliphatic hydroxyl groups is 1. The molecular weight excluding hydrogens is 532 g/mol. The predicted molar refractivity (Wildman–Crippen MR) is 155 cm³/mol. The third-order valence-corrected chi connectivity index (χ3v) is 9.26. The molecular formula is C29H38N4O6S. The van der Waals surface area contributed by atoms with E-state index in [0.29, 0.717) is 36.8 Å². The summed E-state index contributed by atoms with van der Waals surface area (Å²) in [7, 11) is -3.51. The summed E-state index contributed by atoms with van der Waals surface area (Å²) < 4.78 is 29.5. The van der Waals surface area contributed by atoms with Crippen LogP contribution in [0, 0.1) is 0 Å². The number of hydrogen-bond donors (Lipinski definition) is 4. The van der Waals surface area contributed by atoms with Gasteiger partial charge in [0.2, 0.25) is 10.0 Å². The summed E-state index contributed by atoms with van der Waals surface area (Å²) in [5.41, 5.74) is 3.89. The minimum Gasteiger partial charge on any atom is -0.483 e. The highest BCUT2D eigenvalue weighted by molar-refractivity contribution is 7.92. The quantitative estimate of drug-likeness (QED) is 0.275. The van der Waals surface area contributed by atoms with Crippen LogP contribution >= 0.6 is 0 Å². The number of anilines is 1. The van der Waals surface area contributed by atoms with Crippen molar-refractivity contribution in [2.24, 2.45) is 0 Å². The van der Waals surface area contributed by atoms with Gasteiger partial charge in [0.25, 0.3) is 12.4 Å². The molecule has 0 radical (unpaired) electrons. The predicted octanol–water partition coefficient (Wildman–Crippen LogP) is 2.53. The second kappa shape index (κ2) is 12.8. The normalized spacial score (nSPS) is 17.3. The van der Waals surface area contributed by atoms with E-state index < -0.39 is 22.2 Å². The number of nitrogens with one attached hydrogen (secondary N) is 2. The van der Waals surface area contributed by atoms with E-state index in [-0.39, 0.29) is 24.7 Å². The van der Waals surface area contributed by atoms with Gasteiger partial charge in [-0.05, 0) is 55.9 Å². The van der Waals surface area contributed by atoms with E-state index in [2.05, 4.69) is 17.6 Å². The first-order chi connectivity index (χ1) is 19.2. The van der Waals surface area contributed by atoms with Crippen LogP contribution < -0.4 is 14.9 Å². The molecule has 216 valence electrons. The molecule has 2 aliphatic rings. The van der Waals surface area contributed by atoms with Crippen molar-refractivity contribution in [1.29, 1.82) is 0 Å². The van der Waals surface area contributed by atoms with E-state index in [1.807, 2.05) is 54.1 Å². The molecule has 2 aromatic carbocycles. The van der Waals surface area contributed by atoms with Crippen molar-refractivity contribution in [2.45, 2.75) is 64.3 Å². The summed E-state index contributed by atoms with van der Waals surface area (Å²) in [5, 5.41) is 25.2. The fourth-order valence-electron chi connectivity index (χ4n) is 5.23. The first kappa shape index (κ1) is 29.6. The van der Waals surface area contributed by atoms with E-state index in [0.717, 1.165) is 41.3 Å². The monoisotopic (exact) mass is 570 g/mol. The number of aryl methyl sites for hydroxylation is 2. The molecule has 4 N–H and O–H groups in total. The average molecular weight is 571 g/mol. The Morgan fingerprint density at radius 3 is 2.50 bits per heavy atom. The van der Waals surface area contributed by atoms with Gasteiger partial charge in [-0.15, -0.1) is 0 Å². The number of hydrogen-bond acceptors (Lipinski definition) is 6. The van der Waals surface area contributed by atoms with Crippen molar-refractivity contribution in [2.75, 3.05) is 23.1 Å². The summed E-state index contributed by atoms with van der Waals surface area (Å²) in [5.74, 6) is -0.305. The lowest BCUT2D eigenvalue weighted by molar-refractivity contribution is -0.122. The SMILES string of the molecule is CCc1cn2c3c(cc(C(=O)N[C@@H](Cc4ccccc4)[C@H](O)CNC4CC4)cc13)N(CC)S(=O)(=O)CC2.O=CO. The summed E-state index contributed by atoms with van der Waals surface area (Å²) in [6.07, 6.45) is 4.73. The van der Waals surface area contributed by atoms with Crippen LogP contribution in [0.2, 0.25) is 0 Å². The van der Waals surface area contributed by atoms with Crippen LogP contribution in [0.25, 0.3) is 10.9 Å². The Balaban J connectivity index is 0.00000118. The fourth-order valence-corrected chi connectivity index (χ4v) is 6.71. The molecule has 0 saturated heterocycles. The van der Waals surface area contributed by atoms with Crippen LogP contribution in [0.5, 0.6) is 0 Å². The van der Waals surface area contributed by atoms with E-state index in [4.69, 9.17) is 9.90 Å². The number of sulfonamides is 1. The number of aromatic nitrogens is 1. The standard InChI is InChI=1S/C28H36N4O4S.CH2O2/c1-3-20-18-31-12-13-37(35,36)32(4-2)25-16-21(15-23(20)27(25)31)28(34)30-24(14-19-8-6-5-7-9-19)26(33)17-29-22-10-11-22;2-1-3/h5-9,15-16,18,22,24,26,29,33H,3-4,10-14,17H2,1-2H3,(H,30,34);1H,(H,2,3)/t24-,26+;/m0./s1. The summed E-state index contributed by atoms with van der Waals surface area (Å²) in [6, 6.07) is 13.3. The Morgan fingerprint density at radius 1 is 1.18 bits per heavy atom. The van der Waals surface area contributed by atoms with E-state index in [1.54, 1.807) is 6.07 Å². The summed E-state index contributed by atoms with van der Waals surface area (Å²) >= 11 is 0. The van der Waals surface area contributed by atoms with Gasteiger partial charge in [-0.2, -0.15) is 0 Å². The summed E-state index contributed by atoms with van der Waals surface area (Å²) in [6.45, 7) is 4.70. The van der Waals surface area contributed by atoms with Gasteiger partial charge in [0.05, 0.1) is 29.1 Å². The van der Waals surface area contributed by atoms with Crippen LogP contribution in [0.15, 0.2) is 48.7 Å². The molecule has 2 heterocycles. The first-order valence-corrected chi connectivity index (χ1v) is 15.3. The minimum atomic E-state index is -3.51. The minimum absolute atomic E-state index is 0.0172. The number of amides is 1. The molecule has 11 heteroatoms. The van der Waals surface area contributed by atoms with Crippen LogP contribution in [0.1, 0.15) is 48.2 Å². The number of carboxylic acid groups (broad SMARTS) is 1. The number of nitrogens with zero attached hydrogens (tertiary/aromatic N) is 2. The number of carbonyl (C=O) groups is 2. The molecule has 0 bridgehead atoms. The lowest BCUT2D eigenvalue weighted by atomic mass is 9.99. The van der Waals surface area contributed by atoms with Gasteiger partial charge >= 0.3 is 0 Å². The highest BCUT2D eigenvalue weighted by Gasteiger charge is 2.31. The molecule has 1 fully saturated rings. The third kappa shape index (κ3) is 6.65. The molecule has 5 rings (SSSR count). The topological polar surface area (TPSA) is 141 Å². The van der Waals surface area contributed by atoms with Gasteiger partial charge in [-0.3, -0.25) is 13.9 Å². The maximum absolute atomic E-state index is 13.7. The number of rotatable bonds is 10. The molecule has 1 aliphatic carbocycles. The number of benzene rings is 2. The van der Waals surface area contributed by atoms with Crippen molar-refractivity contribution in [3.05, 3.63) is 65.4 Å². The van der Waals surface area contributed by atoms with Gasteiger partial charge in [-0.1, -0.05) is 37.3 Å². The lowest BCUT2D eigenvalue weighted by Gasteiger charge is -2.26. The highest BCUT2D eigenvalue weighted by atomic mass is 32.2. The maximum atomic E-state index is 13.7. The molecule has 0 spiro atoms. The molecule has 2 atom stereocenters. The Bertz CT molecular complexity index is 1440. The smallest absolute Gasteiger partial charge is 0.290 e. The maximum Gasteiger partial charge on any atom is 0.290 e. The third-order valence-electron chi connectivity index (χ3n) is 7.43. The Labute approximate surface area is 235 Å². The molecule has 3 aromatic rings. The molecule has 40 heavy (non-hydrogen) atoms. The average Bonchev–Trinajstić information content (AvgIpc) is 3.71. The van der Waals surface area contributed by atoms with Gasteiger partial charge < -0.3 is 25.4 Å². The molecule has 1 aromatic heterocycles. The van der Waals surface area contributed by atoms with Gasteiger partial charge in [-0.25, -0.2) is 8.42 Å². The molecule has 1 amide bonds. The molecule has 1 aliphatic heterocycles. The van der Waals surface area contributed by atoms with E-state index in [9.17, 15) is 18.3 Å². The van der Waals surface area contributed by atoms with Crippen molar-refractivity contribution in [3.63, 3.8) is 0 Å². The second-order valence-electron chi connectivity index (χ2n) is 10.2. The zero-order valence-electron chi connectivity index (χ0n) is 22.9. The van der Waals surface area contributed by atoms with E-state index >= 15 is 0 Å². The Morgan fingerprint density at radius 2 is 1.88 bits per heavy atom. The van der Waals surface area contributed by atoms with Gasteiger partial charge in [0.15, 0.2) is 0 Å². The summed E-state index contributed by atoms with van der Waals surface area (Å²) in [4.78, 5) is 22.0. The molecule has 0 unspecified atom stereocenters. The zero-order valence-corrected chi connectivity index (χ0v) is 23.7. The van der Waals surface area contributed by atoms with Crippen LogP contribution in [0.4, 0.5) is 5.69 Å². The highest BCUT2D eigenvalue weighted by Crippen LogP contribution is 2.36. The van der Waals surface area contributed by atoms with Gasteiger partial charge in [0.1, 0.15) is 0 Å². The number of carbonyl (C=O) groups excluding carboxylic acids is 1. The fraction of sp³-hybridized carbons (Fsp3) is 0.448. The van der Waals surface area contributed by atoms with Gasteiger partial charge in [0, 0.05) is 42.8 Å². The van der Waals surface area contributed by atoms with Crippen molar-refractivity contribution in [1.82, 2.24) is 15.2 Å². The second-order valence-corrected chi connectivity index (χ2v) is 12.2. The van der Waals surface area contributed by atoms with Crippen LogP contribution in [-0.4, -0.2) is 72.6 Å². The van der Waals surface area contributed by atoms with Crippen molar-refractivity contribution >= 4 is 39.0 Å². The van der Waals surface area contributed by atoms with E-state index in [1.165, 1.54) is 4.31 Å². The van der Waals surface area contributed by atoms with Crippen molar-refractivity contribution < 1.29 is 28.2 Å². The first-order valence-electron chi connectivity index (χ1n) is 13.7. The van der Waals surface area contributed by atoms with Crippen LogP contribution in [0.3, 0.4) is 0 Å². The lowest BCUT2D eigenvalue weighted by Crippen LogP contribution is -2.49. The number of aliphatic hydroxyl groups excluding tert-OH is 1. The largest absolute Gasteiger partial charge is 0.483 e.